The fourth-order valence-electron chi connectivity index (χ4n) is 9.56. The lowest BCUT2D eigenvalue weighted by molar-refractivity contribution is -0.139. The van der Waals surface area contributed by atoms with E-state index < -0.39 is 18.1 Å². The first-order chi connectivity index (χ1) is 34.0. The predicted molar refractivity (Wildman–Crippen MR) is 276 cm³/mol. The van der Waals surface area contributed by atoms with E-state index in [1.807, 2.05) is 36.4 Å². The quantitative estimate of drug-likeness (QED) is 0.0451. The number of carboxylic acid groups (broad SMARTS) is 1. The van der Waals surface area contributed by atoms with Crippen molar-refractivity contribution >= 4 is 18.0 Å². The van der Waals surface area contributed by atoms with Crippen LogP contribution >= 0.6 is 0 Å². The summed E-state index contributed by atoms with van der Waals surface area (Å²) in [5.74, 6) is -1.66. The SMILES string of the molecule is CCN(CC)Cc1cc(-c2cccn2C)cc(CN(CCCCNC(=O)CCC(NC(=O)OCC2c3ccccc3-c3ccccc32)C(=O)O)Cc2cc(-c3cccn3C)cc(CN(CC)CC)n2)n1. The molecule has 0 fully saturated rings. The molecule has 6 aromatic rings. The van der Waals surface area contributed by atoms with Crippen molar-refractivity contribution in [1.29, 1.82) is 0 Å². The molecule has 370 valence electrons. The largest absolute Gasteiger partial charge is 0.480 e. The van der Waals surface area contributed by atoms with Crippen LogP contribution in [0.3, 0.4) is 0 Å². The number of aromatic nitrogens is 4. The average Bonchev–Trinajstić information content (AvgIpc) is 4.09. The van der Waals surface area contributed by atoms with E-state index in [4.69, 9.17) is 14.7 Å². The fourth-order valence-corrected chi connectivity index (χ4v) is 9.56. The van der Waals surface area contributed by atoms with E-state index in [1.54, 1.807) is 0 Å². The smallest absolute Gasteiger partial charge is 0.407 e. The number of aryl methyl sites for hydroxylation is 2. The lowest BCUT2D eigenvalue weighted by atomic mass is 9.98. The van der Waals surface area contributed by atoms with Crippen LogP contribution in [0.4, 0.5) is 4.79 Å². The number of carboxylic acids is 1. The van der Waals surface area contributed by atoms with Crippen LogP contribution in [0.1, 0.15) is 93.2 Å². The van der Waals surface area contributed by atoms with Gasteiger partial charge in [0.1, 0.15) is 12.6 Å². The Hall–Kier alpha value is -6.61. The zero-order valence-electron chi connectivity index (χ0n) is 41.9. The van der Waals surface area contributed by atoms with Crippen LogP contribution in [-0.2, 0) is 54.6 Å². The Bertz CT molecular complexity index is 2540. The topological polar surface area (TPSA) is 150 Å². The molecule has 0 aliphatic heterocycles. The van der Waals surface area contributed by atoms with Gasteiger partial charge in [-0.2, -0.15) is 0 Å². The Balaban J connectivity index is 0.995. The third kappa shape index (κ3) is 13.4. The molecule has 0 saturated carbocycles. The standard InChI is InChI=1S/C56H71N9O5/c1-7-63(8-2)35-42-31-40(52-23-17-28-61(52)5)33-44(58-42)37-65(38-45-34-41(53-24-18-29-62(53)6)32-43(59-45)36-64(9-3)10-4)30-16-15-27-57-54(66)26-25-51(55(67)68)60-56(69)70-39-50-48-21-13-11-19-46(48)47-20-12-14-22-49(47)50/h11-14,17-24,28-29,31-34,50-51H,7-10,15-16,25-27,30,35-39H2,1-6H3,(H,57,66)(H,60,69)(H,67,68). The highest BCUT2D eigenvalue weighted by molar-refractivity contribution is 5.82. The first-order valence-electron chi connectivity index (χ1n) is 25.0. The number of fused-ring (bicyclic) bond motifs is 3. The Morgan fingerprint density at radius 2 is 1.13 bits per heavy atom. The van der Waals surface area contributed by atoms with Crippen molar-refractivity contribution < 1.29 is 24.2 Å². The Kier molecular flexibility index (Phi) is 18.1. The van der Waals surface area contributed by atoms with Gasteiger partial charge in [-0.15, -0.1) is 0 Å². The number of nitrogens with zero attached hydrogens (tertiary/aromatic N) is 7. The van der Waals surface area contributed by atoms with Crippen LogP contribution in [0.15, 0.2) is 109 Å². The number of carbonyl (C=O) groups is 3. The van der Waals surface area contributed by atoms with Crippen LogP contribution in [0.25, 0.3) is 33.6 Å². The number of alkyl carbamates (subject to hydrolysis) is 1. The molecule has 4 heterocycles. The molecule has 0 spiro atoms. The fraction of sp³-hybridized carbons (Fsp3) is 0.411. The van der Waals surface area contributed by atoms with Gasteiger partial charge in [-0.3, -0.25) is 29.5 Å². The van der Waals surface area contributed by atoms with Gasteiger partial charge in [-0.25, -0.2) is 9.59 Å². The summed E-state index contributed by atoms with van der Waals surface area (Å²) in [6.45, 7) is 16.4. The molecular weight excluding hydrogens is 879 g/mol. The lowest BCUT2D eigenvalue weighted by Crippen LogP contribution is -2.42. The van der Waals surface area contributed by atoms with Crippen molar-refractivity contribution in [1.82, 2.24) is 44.4 Å². The highest BCUT2D eigenvalue weighted by Gasteiger charge is 2.30. The third-order valence-electron chi connectivity index (χ3n) is 13.5. The molecular formula is C56H71N9O5. The molecule has 1 aliphatic rings. The molecule has 1 atom stereocenters. The number of pyridine rings is 2. The maximum absolute atomic E-state index is 13.1. The highest BCUT2D eigenvalue weighted by Crippen LogP contribution is 2.44. The Morgan fingerprint density at radius 3 is 1.57 bits per heavy atom. The van der Waals surface area contributed by atoms with E-state index in [1.165, 1.54) is 0 Å². The molecule has 4 aromatic heterocycles. The molecule has 0 radical (unpaired) electrons. The molecule has 2 aromatic carbocycles. The van der Waals surface area contributed by atoms with E-state index in [-0.39, 0.29) is 31.3 Å². The Morgan fingerprint density at radius 1 is 0.657 bits per heavy atom. The van der Waals surface area contributed by atoms with Gasteiger partial charge in [-0.1, -0.05) is 76.2 Å². The number of benzene rings is 2. The summed E-state index contributed by atoms with van der Waals surface area (Å²) in [5.41, 5.74) is 12.9. The van der Waals surface area contributed by atoms with E-state index >= 15 is 0 Å². The number of rotatable bonds is 26. The molecule has 14 nitrogen and oxygen atoms in total. The average molecular weight is 950 g/mol. The number of ether oxygens (including phenoxy) is 1. The first-order valence-corrected chi connectivity index (χ1v) is 25.0. The van der Waals surface area contributed by atoms with Gasteiger partial charge in [0.25, 0.3) is 0 Å². The minimum atomic E-state index is -1.28. The summed E-state index contributed by atoms with van der Waals surface area (Å²) in [6.07, 6.45) is 4.66. The molecule has 7 rings (SSSR count). The minimum absolute atomic E-state index is 0.0620. The second kappa shape index (κ2) is 24.8. The van der Waals surface area contributed by atoms with Gasteiger partial charge in [0.2, 0.25) is 5.91 Å². The monoisotopic (exact) mass is 950 g/mol. The van der Waals surface area contributed by atoms with E-state index in [9.17, 15) is 19.5 Å². The molecule has 70 heavy (non-hydrogen) atoms. The van der Waals surface area contributed by atoms with Crippen LogP contribution < -0.4 is 10.6 Å². The number of nitrogens with one attached hydrogen (secondary N) is 2. The minimum Gasteiger partial charge on any atom is -0.480 e. The lowest BCUT2D eigenvalue weighted by Gasteiger charge is -2.24. The van der Waals surface area contributed by atoms with Crippen molar-refractivity contribution in [3.8, 4) is 33.6 Å². The number of carbonyl (C=O) groups excluding carboxylic acids is 2. The summed E-state index contributed by atoms with van der Waals surface area (Å²) in [5, 5.41) is 15.4. The highest BCUT2D eigenvalue weighted by atomic mass is 16.5. The second-order valence-electron chi connectivity index (χ2n) is 18.3. The third-order valence-corrected chi connectivity index (χ3v) is 13.5. The van der Waals surface area contributed by atoms with Gasteiger partial charge >= 0.3 is 12.1 Å². The maximum atomic E-state index is 13.1. The van der Waals surface area contributed by atoms with Gasteiger partial charge in [0.15, 0.2) is 0 Å². The molecule has 3 N–H and O–H groups in total. The number of amides is 2. The number of hydrogen-bond acceptors (Lipinski definition) is 9. The second-order valence-corrected chi connectivity index (χ2v) is 18.3. The molecule has 14 heteroatoms. The van der Waals surface area contributed by atoms with Crippen LogP contribution in [0.2, 0.25) is 0 Å². The molecule has 1 aliphatic carbocycles. The Labute approximate surface area is 413 Å². The maximum Gasteiger partial charge on any atom is 0.407 e. The van der Waals surface area contributed by atoms with Crippen molar-refractivity contribution in [2.24, 2.45) is 14.1 Å². The molecule has 2 amide bonds. The van der Waals surface area contributed by atoms with Crippen molar-refractivity contribution in [3.63, 3.8) is 0 Å². The molecule has 1 unspecified atom stereocenters. The zero-order chi connectivity index (χ0) is 49.6. The van der Waals surface area contributed by atoms with Gasteiger partial charge in [-0.05, 0) is 123 Å². The van der Waals surface area contributed by atoms with Gasteiger partial charge < -0.3 is 29.6 Å². The summed E-state index contributed by atoms with van der Waals surface area (Å²) < 4.78 is 9.89. The van der Waals surface area contributed by atoms with E-state index in [2.05, 4.69) is 149 Å². The number of hydrogen-bond donors (Lipinski definition) is 3. The summed E-state index contributed by atoms with van der Waals surface area (Å²) in [6, 6.07) is 32.0. The summed E-state index contributed by atoms with van der Waals surface area (Å²) in [7, 11) is 4.14. The van der Waals surface area contributed by atoms with Crippen LogP contribution in [-0.4, -0.2) is 109 Å². The van der Waals surface area contributed by atoms with E-state index in [0.717, 1.165) is 120 Å². The van der Waals surface area contributed by atoms with Crippen LogP contribution in [0.5, 0.6) is 0 Å². The predicted octanol–water partition coefficient (Wildman–Crippen LogP) is 8.84. The van der Waals surface area contributed by atoms with Crippen molar-refractivity contribution in [2.45, 2.75) is 91.5 Å². The van der Waals surface area contributed by atoms with Crippen LogP contribution in [0, 0.1) is 0 Å². The molecule has 0 saturated heterocycles. The summed E-state index contributed by atoms with van der Waals surface area (Å²) in [4.78, 5) is 55.9. The van der Waals surface area contributed by atoms with Crippen molar-refractivity contribution in [3.05, 3.63) is 143 Å². The zero-order valence-corrected chi connectivity index (χ0v) is 41.9. The molecule has 0 bridgehead atoms. The van der Waals surface area contributed by atoms with Gasteiger partial charge in [0.05, 0.1) is 22.8 Å². The number of aliphatic carboxylic acids is 1. The van der Waals surface area contributed by atoms with Gasteiger partial charge in [0, 0.05) is 94.1 Å². The first kappa shape index (κ1) is 51.2. The normalized spacial score (nSPS) is 12.6. The summed E-state index contributed by atoms with van der Waals surface area (Å²) >= 11 is 0. The van der Waals surface area contributed by atoms with E-state index in [0.29, 0.717) is 26.1 Å². The number of unbranched alkanes of at least 4 members (excludes halogenated alkanes) is 1. The van der Waals surface area contributed by atoms with Crippen molar-refractivity contribution in [2.75, 3.05) is 45.9 Å².